The van der Waals surface area contributed by atoms with Gasteiger partial charge in [-0.2, -0.15) is 0 Å². The Morgan fingerprint density at radius 1 is 1.39 bits per heavy atom. The maximum Gasteiger partial charge on any atom is 0.256 e. The Labute approximate surface area is 108 Å². The number of para-hydroxylation sites is 1. The number of carbonyl (C=O) groups is 1. The van der Waals surface area contributed by atoms with Crippen molar-refractivity contribution >= 4 is 22.4 Å². The third-order valence-corrected chi connectivity index (χ3v) is 4.26. The van der Waals surface area contributed by atoms with Gasteiger partial charge >= 0.3 is 0 Å². The van der Waals surface area contributed by atoms with Gasteiger partial charge in [-0.1, -0.05) is 6.07 Å². The number of nitrogens with two attached hydrogens (primary N) is 1. The SMILES string of the molecule is COc1cccc(C(=O)N2CCS(=O)CC2)c1N. The molecule has 0 aromatic heterocycles. The Balaban J connectivity index is 2.21. The predicted octanol–water partition coefficient (Wildman–Crippen LogP) is 0.482. The molecule has 1 aromatic rings. The van der Waals surface area contributed by atoms with E-state index in [4.69, 9.17) is 10.5 Å². The number of methoxy groups -OCH3 is 1. The Morgan fingerprint density at radius 3 is 2.67 bits per heavy atom. The molecule has 5 nitrogen and oxygen atoms in total. The Morgan fingerprint density at radius 2 is 2.06 bits per heavy atom. The van der Waals surface area contributed by atoms with E-state index in [-0.39, 0.29) is 5.91 Å². The maximum atomic E-state index is 12.3. The summed E-state index contributed by atoms with van der Waals surface area (Å²) in [4.78, 5) is 14.0. The molecule has 0 spiro atoms. The number of anilines is 1. The zero-order chi connectivity index (χ0) is 13.1. The molecule has 1 heterocycles. The van der Waals surface area contributed by atoms with Crippen molar-refractivity contribution < 1.29 is 13.7 Å². The van der Waals surface area contributed by atoms with E-state index < -0.39 is 10.8 Å². The summed E-state index contributed by atoms with van der Waals surface area (Å²) < 4.78 is 16.4. The van der Waals surface area contributed by atoms with Crippen LogP contribution in [0.2, 0.25) is 0 Å². The van der Waals surface area contributed by atoms with Crippen molar-refractivity contribution in [3.63, 3.8) is 0 Å². The van der Waals surface area contributed by atoms with Crippen LogP contribution in [-0.2, 0) is 10.8 Å². The van der Waals surface area contributed by atoms with Gasteiger partial charge in [-0.15, -0.1) is 0 Å². The number of benzene rings is 1. The van der Waals surface area contributed by atoms with Crippen LogP contribution < -0.4 is 10.5 Å². The van der Waals surface area contributed by atoms with E-state index in [2.05, 4.69) is 0 Å². The number of ether oxygens (including phenoxy) is 1. The first-order valence-electron chi connectivity index (χ1n) is 5.70. The summed E-state index contributed by atoms with van der Waals surface area (Å²) in [6, 6.07) is 5.15. The Kier molecular flexibility index (Phi) is 3.86. The largest absolute Gasteiger partial charge is 0.495 e. The molecule has 2 N–H and O–H groups in total. The van der Waals surface area contributed by atoms with Crippen LogP contribution in [0.15, 0.2) is 18.2 Å². The van der Waals surface area contributed by atoms with Gasteiger partial charge in [0, 0.05) is 35.4 Å². The van der Waals surface area contributed by atoms with Crippen LogP contribution in [0.3, 0.4) is 0 Å². The molecule has 1 fully saturated rings. The molecule has 1 aliphatic heterocycles. The Bertz CT molecular complexity index is 480. The van der Waals surface area contributed by atoms with Crippen molar-refractivity contribution in [2.45, 2.75) is 0 Å². The summed E-state index contributed by atoms with van der Waals surface area (Å²) in [6.07, 6.45) is 0. The molecule has 0 saturated carbocycles. The predicted molar refractivity (Wildman–Crippen MR) is 71.2 cm³/mol. The number of rotatable bonds is 2. The molecule has 18 heavy (non-hydrogen) atoms. The van der Waals surface area contributed by atoms with Gasteiger partial charge in [0.15, 0.2) is 0 Å². The lowest BCUT2D eigenvalue weighted by Gasteiger charge is -2.27. The summed E-state index contributed by atoms with van der Waals surface area (Å²) >= 11 is 0. The Hall–Kier alpha value is -1.56. The van der Waals surface area contributed by atoms with Gasteiger partial charge in [0.05, 0.1) is 18.4 Å². The zero-order valence-electron chi connectivity index (χ0n) is 10.2. The van der Waals surface area contributed by atoms with Crippen molar-refractivity contribution in [3.8, 4) is 5.75 Å². The summed E-state index contributed by atoms with van der Waals surface area (Å²) in [5.41, 5.74) is 6.70. The number of nitrogens with zero attached hydrogens (tertiary/aromatic N) is 1. The molecule has 1 aliphatic rings. The number of nitrogen functional groups attached to an aromatic ring is 1. The van der Waals surface area contributed by atoms with Crippen molar-refractivity contribution in [1.82, 2.24) is 4.90 Å². The number of amides is 1. The number of carbonyl (C=O) groups excluding carboxylic acids is 1. The molecule has 0 bridgehead atoms. The summed E-state index contributed by atoms with van der Waals surface area (Å²) in [7, 11) is 0.723. The third kappa shape index (κ3) is 2.48. The normalized spacial score (nSPS) is 16.6. The van der Waals surface area contributed by atoms with E-state index in [0.29, 0.717) is 41.6 Å². The first kappa shape index (κ1) is 12.9. The van der Waals surface area contributed by atoms with Crippen LogP contribution in [0.4, 0.5) is 5.69 Å². The van der Waals surface area contributed by atoms with E-state index in [1.54, 1.807) is 23.1 Å². The third-order valence-electron chi connectivity index (χ3n) is 2.98. The summed E-state index contributed by atoms with van der Waals surface area (Å²) in [5.74, 6) is 1.45. The van der Waals surface area contributed by atoms with Crippen LogP contribution in [0, 0.1) is 0 Å². The fourth-order valence-corrected chi connectivity index (χ4v) is 2.97. The topological polar surface area (TPSA) is 72.6 Å². The van der Waals surface area contributed by atoms with Gasteiger partial charge in [-0.3, -0.25) is 9.00 Å². The summed E-state index contributed by atoms with van der Waals surface area (Å²) in [5, 5.41) is 0. The van der Waals surface area contributed by atoms with E-state index in [0.717, 1.165) is 0 Å². The molecule has 0 radical (unpaired) electrons. The molecular weight excluding hydrogens is 252 g/mol. The van der Waals surface area contributed by atoms with Gasteiger partial charge in [-0.25, -0.2) is 0 Å². The highest BCUT2D eigenvalue weighted by molar-refractivity contribution is 7.85. The molecule has 1 amide bonds. The number of hydrogen-bond acceptors (Lipinski definition) is 4. The van der Waals surface area contributed by atoms with Crippen LogP contribution in [0.5, 0.6) is 5.75 Å². The van der Waals surface area contributed by atoms with E-state index in [9.17, 15) is 9.00 Å². The second-order valence-electron chi connectivity index (χ2n) is 4.06. The number of hydrogen-bond donors (Lipinski definition) is 1. The lowest BCUT2D eigenvalue weighted by atomic mass is 10.1. The second-order valence-corrected chi connectivity index (χ2v) is 5.76. The fraction of sp³-hybridized carbons (Fsp3) is 0.417. The minimum absolute atomic E-state index is 0.122. The summed E-state index contributed by atoms with van der Waals surface area (Å²) in [6.45, 7) is 1.03. The minimum Gasteiger partial charge on any atom is -0.495 e. The highest BCUT2D eigenvalue weighted by atomic mass is 32.2. The van der Waals surface area contributed by atoms with Gasteiger partial charge < -0.3 is 15.4 Å². The smallest absolute Gasteiger partial charge is 0.256 e. The lowest BCUT2D eigenvalue weighted by Crippen LogP contribution is -2.42. The molecule has 2 rings (SSSR count). The minimum atomic E-state index is -0.795. The molecular formula is C12H16N2O3S. The molecule has 1 aromatic carbocycles. The fourth-order valence-electron chi connectivity index (χ4n) is 1.92. The van der Waals surface area contributed by atoms with Crippen molar-refractivity contribution in [3.05, 3.63) is 23.8 Å². The quantitative estimate of drug-likeness (QED) is 0.792. The van der Waals surface area contributed by atoms with Gasteiger partial charge in [0.2, 0.25) is 0 Å². The van der Waals surface area contributed by atoms with Crippen LogP contribution in [-0.4, -0.2) is 46.7 Å². The van der Waals surface area contributed by atoms with E-state index >= 15 is 0 Å². The monoisotopic (exact) mass is 268 g/mol. The molecule has 0 unspecified atom stereocenters. The molecule has 0 atom stereocenters. The molecule has 98 valence electrons. The first-order chi connectivity index (χ1) is 8.63. The van der Waals surface area contributed by atoms with Crippen LogP contribution in [0.25, 0.3) is 0 Å². The molecule has 0 aliphatic carbocycles. The highest BCUT2D eigenvalue weighted by Gasteiger charge is 2.23. The van der Waals surface area contributed by atoms with Crippen LogP contribution in [0.1, 0.15) is 10.4 Å². The van der Waals surface area contributed by atoms with Crippen LogP contribution >= 0.6 is 0 Å². The van der Waals surface area contributed by atoms with Gasteiger partial charge in [0.25, 0.3) is 5.91 Å². The van der Waals surface area contributed by atoms with Crippen molar-refractivity contribution in [2.24, 2.45) is 0 Å². The maximum absolute atomic E-state index is 12.3. The zero-order valence-corrected chi connectivity index (χ0v) is 11.0. The van der Waals surface area contributed by atoms with Gasteiger partial charge in [0.1, 0.15) is 5.75 Å². The first-order valence-corrected chi connectivity index (χ1v) is 7.19. The standard InChI is InChI=1S/C12H16N2O3S/c1-17-10-4-2-3-9(11(10)13)12(15)14-5-7-18(16)8-6-14/h2-4H,5-8,13H2,1H3. The molecule has 6 heteroatoms. The van der Waals surface area contributed by atoms with Crippen molar-refractivity contribution in [1.29, 1.82) is 0 Å². The average Bonchev–Trinajstić information content (AvgIpc) is 2.39. The second kappa shape index (κ2) is 5.39. The van der Waals surface area contributed by atoms with E-state index in [1.165, 1.54) is 7.11 Å². The van der Waals surface area contributed by atoms with E-state index in [1.807, 2.05) is 0 Å². The van der Waals surface area contributed by atoms with Crippen molar-refractivity contribution in [2.75, 3.05) is 37.4 Å². The van der Waals surface area contributed by atoms with Gasteiger partial charge in [-0.05, 0) is 12.1 Å². The average molecular weight is 268 g/mol. The highest BCUT2D eigenvalue weighted by Crippen LogP contribution is 2.26. The molecule has 1 saturated heterocycles. The lowest BCUT2D eigenvalue weighted by molar-refractivity contribution is 0.0772.